The normalized spacial score (nSPS) is 13.8. The fraction of sp³-hybridized carbons (Fsp3) is 0.545. The van der Waals surface area contributed by atoms with Crippen molar-refractivity contribution in [2.75, 3.05) is 0 Å². The van der Waals surface area contributed by atoms with Gasteiger partial charge in [-0.1, -0.05) is 17.6 Å². The van der Waals surface area contributed by atoms with Crippen LogP contribution >= 0.6 is 0 Å². The van der Waals surface area contributed by atoms with Gasteiger partial charge < -0.3 is 4.74 Å². The Bertz CT molecular complexity index is 254. The third-order valence-electron chi connectivity index (χ3n) is 1.57. The molecule has 72 valence electrons. The van der Waals surface area contributed by atoms with E-state index in [1.165, 1.54) is 6.92 Å². The van der Waals surface area contributed by atoms with Crippen LogP contribution in [0.2, 0.25) is 0 Å². The average molecular weight is 180 g/mol. The fourth-order valence-corrected chi connectivity index (χ4v) is 0.846. The minimum atomic E-state index is -0.802. The Morgan fingerprint density at radius 3 is 2.38 bits per heavy atom. The Morgan fingerprint density at radius 1 is 1.54 bits per heavy atom. The highest BCUT2D eigenvalue weighted by Gasteiger charge is 2.22. The van der Waals surface area contributed by atoms with Crippen molar-refractivity contribution in [3.63, 3.8) is 0 Å². The summed E-state index contributed by atoms with van der Waals surface area (Å²) >= 11 is 0. The SMILES string of the molecule is C#CC(C)(CC=C(C)C)OC(C)=O. The van der Waals surface area contributed by atoms with Crippen molar-refractivity contribution in [2.45, 2.75) is 39.7 Å². The maximum atomic E-state index is 10.7. The molecule has 0 N–H and O–H groups in total. The Kier molecular flexibility index (Phi) is 4.27. The molecule has 2 nitrogen and oxygen atoms in total. The first-order chi connectivity index (χ1) is 5.89. The molecule has 0 aromatic rings. The third-order valence-corrected chi connectivity index (χ3v) is 1.57. The van der Waals surface area contributed by atoms with Gasteiger partial charge in [-0.2, -0.15) is 0 Å². The molecule has 2 heteroatoms. The molecule has 0 saturated carbocycles. The summed E-state index contributed by atoms with van der Waals surface area (Å²) in [5.41, 5.74) is 0.358. The zero-order valence-corrected chi connectivity index (χ0v) is 8.68. The predicted octanol–water partition coefficient (Wildman–Crippen LogP) is 2.30. The van der Waals surface area contributed by atoms with Crippen molar-refractivity contribution in [1.82, 2.24) is 0 Å². The summed E-state index contributed by atoms with van der Waals surface area (Å²) in [6, 6.07) is 0. The van der Waals surface area contributed by atoms with Crippen molar-refractivity contribution in [2.24, 2.45) is 0 Å². The highest BCUT2D eigenvalue weighted by Crippen LogP contribution is 2.16. The van der Waals surface area contributed by atoms with Crippen LogP contribution in [0.15, 0.2) is 11.6 Å². The molecule has 1 atom stereocenters. The lowest BCUT2D eigenvalue weighted by molar-refractivity contribution is -0.149. The third kappa shape index (κ3) is 5.08. The van der Waals surface area contributed by atoms with Gasteiger partial charge in [0.1, 0.15) is 0 Å². The number of ether oxygens (including phenoxy) is 1. The van der Waals surface area contributed by atoms with Gasteiger partial charge in [0.05, 0.1) is 0 Å². The van der Waals surface area contributed by atoms with Crippen LogP contribution in [0.25, 0.3) is 0 Å². The number of carbonyl (C=O) groups is 1. The second-order valence-electron chi connectivity index (χ2n) is 3.45. The van der Waals surface area contributed by atoms with E-state index in [1.807, 2.05) is 19.9 Å². The number of carbonyl (C=O) groups excluding carboxylic acids is 1. The average Bonchev–Trinajstić information content (AvgIpc) is 2.00. The number of allylic oxidation sites excluding steroid dienone is 1. The minimum Gasteiger partial charge on any atom is -0.446 e. The first kappa shape index (κ1) is 11.8. The number of rotatable bonds is 3. The van der Waals surface area contributed by atoms with Crippen molar-refractivity contribution in [1.29, 1.82) is 0 Å². The van der Waals surface area contributed by atoms with Gasteiger partial charge in [0.2, 0.25) is 0 Å². The summed E-state index contributed by atoms with van der Waals surface area (Å²) in [5, 5.41) is 0. The number of hydrogen-bond donors (Lipinski definition) is 0. The van der Waals surface area contributed by atoms with Crippen molar-refractivity contribution in [3.05, 3.63) is 11.6 Å². The number of esters is 1. The molecule has 0 aromatic heterocycles. The van der Waals surface area contributed by atoms with Gasteiger partial charge in [-0.25, -0.2) is 0 Å². The standard InChI is InChI=1S/C11H16O2/c1-6-11(5,13-10(4)12)8-7-9(2)3/h1,7H,8H2,2-5H3. The molecule has 0 fully saturated rings. The molecule has 0 saturated heterocycles. The van der Waals surface area contributed by atoms with Crippen LogP contribution in [0.3, 0.4) is 0 Å². The zero-order chi connectivity index (χ0) is 10.5. The molecule has 0 aliphatic rings. The molecule has 0 heterocycles. The van der Waals surface area contributed by atoms with E-state index in [0.717, 1.165) is 5.57 Å². The molecule has 0 radical (unpaired) electrons. The van der Waals surface area contributed by atoms with Crippen LogP contribution in [-0.2, 0) is 9.53 Å². The van der Waals surface area contributed by atoms with Crippen LogP contribution < -0.4 is 0 Å². The predicted molar refractivity (Wildman–Crippen MR) is 53.1 cm³/mol. The van der Waals surface area contributed by atoms with Crippen LogP contribution in [0.4, 0.5) is 0 Å². The van der Waals surface area contributed by atoms with E-state index < -0.39 is 5.60 Å². The second kappa shape index (κ2) is 4.71. The van der Waals surface area contributed by atoms with E-state index in [1.54, 1.807) is 6.92 Å². The molecule has 13 heavy (non-hydrogen) atoms. The van der Waals surface area contributed by atoms with E-state index in [2.05, 4.69) is 5.92 Å². The van der Waals surface area contributed by atoms with Crippen molar-refractivity contribution < 1.29 is 9.53 Å². The van der Waals surface area contributed by atoms with Crippen molar-refractivity contribution in [3.8, 4) is 12.3 Å². The lowest BCUT2D eigenvalue weighted by Gasteiger charge is -2.21. The topological polar surface area (TPSA) is 26.3 Å². The van der Waals surface area contributed by atoms with E-state index in [-0.39, 0.29) is 5.97 Å². The fourth-order valence-electron chi connectivity index (χ4n) is 0.846. The number of hydrogen-bond acceptors (Lipinski definition) is 2. The van der Waals surface area contributed by atoms with E-state index in [0.29, 0.717) is 6.42 Å². The quantitative estimate of drug-likeness (QED) is 0.378. The maximum absolute atomic E-state index is 10.7. The molecule has 0 bridgehead atoms. The van der Waals surface area contributed by atoms with Gasteiger partial charge >= 0.3 is 5.97 Å². The summed E-state index contributed by atoms with van der Waals surface area (Å²) in [5.74, 6) is 2.13. The largest absolute Gasteiger partial charge is 0.446 e. The summed E-state index contributed by atoms with van der Waals surface area (Å²) in [6.07, 6.45) is 7.81. The monoisotopic (exact) mass is 180 g/mol. The highest BCUT2D eigenvalue weighted by molar-refractivity contribution is 5.67. The van der Waals surface area contributed by atoms with Gasteiger partial charge in [0.15, 0.2) is 5.60 Å². The Hall–Kier alpha value is -1.23. The van der Waals surface area contributed by atoms with Gasteiger partial charge in [-0.15, -0.1) is 6.42 Å². The summed E-state index contributed by atoms with van der Waals surface area (Å²) in [4.78, 5) is 10.7. The van der Waals surface area contributed by atoms with Gasteiger partial charge in [-0.05, 0) is 20.8 Å². The molecule has 0 spiro atoms. The van der Waals surface area contributed by atoms with E-state index >= 15 is 0 Å². The Balaban J connectivity index is 4.39. The van der Waals surface area contributed by atoms with E-state index in [4.69, 9.17) is 11.2 Å². The van der Waals surface area contributed by atoms with Gasteiger partial charge in [-0.3, -0.25) is 4.79 Å². The molecule has 1 unspecified atom stereocenters. The molecular formula is C11H16O2. The molecule has 0 aliphatic heterocycles. The molecular weight excluding hydrogens is 164 g/mol. The molecule has 0 aromatic carbocycles. The summed E-state index contributed by atoms with van der Waals surface area (Å²) in [7, 11) is 0. The van der Waals surface area contributed by atoms with Crippen LogP contribution in [0.1, 0.15) is 34.1 Å². The number of terminal acetylenes is 1. The summed E-state index contributed by atoms with van der Waals surface area (Å²) in [6.45, 7) is 7.04. The first-order valence-corrected chi connectivity index (χ1v) is 4.20. The highest BCUT2D eigenvalue weighted by atomic mass is 16.6. The minimum absolute atomic E-state index is 0.345. The molecule has 0 aliphatic carbocycles. The lowest BCUT2D eigenvalue weighted by atomic mass is 10.0. The van der Waals surface area contributed by atoms with Crippen LogP contribution in [0, 0.1) is 12.3 Å². The van der Waals surface area contributed by atoms with Crippen molar-refractivity contribution >= 4 is 5.97 Å². The maximum Gasteiger partial charge on any atom is 0.304 e. The Morgan fingerprint density at radius 2 is 2.08 bits per heavy atom. The second-order valence-corrected chi connectivity index (χ2v) is 3.45. The van der Waals surface area contributed by atoms with E-state index in [9.17, 15) is 4.79 Å². The molecule has 0 rings (SSSR count). The molecule has 0 amide bonds. The van der Waals surface area contributed by atoms with Crippen LogP contribution in [-0.4, -0.2) is 11.6 Å². The van der Waals surface area contributed by atoms with Gasteiger partial charge in [0, 0.05) is 13.3 Å². The van der Waals surface area contributed by atoms with Gasteiger partial charge in [0.25, 0.3) is 0 Å². The smallest absolute Gasteiger partial charge is 0.304 e. The Labute approximate surface area is 80.0 Å². The first-order valence-electron chi connectivity index (χ1n) is 4.20. The summed E-state index contributed by atoms with van der Waals surface area (Å²) < 4.78 is 5.02. The van der Waals surface area contributed by atoms with Crippen LogP contribution in [0.5, 0.6) is 0 Å². The zero-order valence-electron chi connectivity index (χ0n) is 8.68. The lowest BCUT2D eigenvalue weighted by Crippen LogP contribution is -2.28.